The summed E-state index contributed by atoms with van der Waals surface area (Å²) in [5, 5.41) is 85.4. The van der Waals surface area contributed by atoms with E-state index in [0.29, 0.717) is 6.42 Å². The number of carboxylic acids is 1. The minimum Gasteiger partial charge on any atom is -0.481 e. The van der Waals surface area contributed by atoms with Crippen LogP contribution in [0.15, 0.2) is 48.6 Å². The second-order valence-corrected chi connectivity index (χ2v) is 14.5. The summed E-state index contributed by atoms with van der Waals surface area (Å²) < 4.78 is 23.2. The molecule has 2 saturated heterocycles. The minimum absolute atomic E-state index is 0.0690. The molecular weight excluding hydrogens is 682 g/mol. The fourth-order valence-electron chi connectivity index (χ4n) is 6.67. The van der Waals surface area contributed by atoms with Gasteiger partial charge in [0.2, 0.25) is 0 Å². The average Bonchev–Trinajstić information content (AvgIpc) is 3.05. The maximum Gasteiger partial charge on any atom is 0.311 e. The van der Waals surface area contributed by atoms with E-state index in [4.69, 9.17) is 24.7 Å². The van der Waals surface area contributed by atoms with Crippen molar-refractivity contribution >= 4 is 11.9 Å². The van der Waals surface area contributed by atoms with Crippen LogP contribution in [0.2, 0.25) is 0 Å². The summed E-state index contributed by atoms with van der Waals surface area (Å²) in [6.45, 7) is 5.45. The third kappa shape index (κ3) is 13.4. The topological polar surface area (TPSA) is 259 Å². The molecule has 0 amide bonds. The van der Waals surface area contributed by atoms with Crippen molar-refractivity contribution in [3.8, 4) is 0 Å². The molecule has 3 aliphatic heterocycles. The second-order valence-electron chi connectivity index (χ2n) is 14.5. The van der Waals surface area contributed by atoms with Crippen molar-refractivity contribution in [3.63, 3.8) is 0 Å². The lowest BCUT2D eigenvalue weighted by Gasteiger charge is -2.45. The summed E-state index contributed by atoms with van der Waals surface area (Å²) in [5.41, 5.74) is 5.99. The van der Waals surface area contributed by atoms with E-state index in [9.17, 15) is 50.4 Å². The van der Waals surface area contributed by atoms with Gasteiger partial charge in [0.05, 0.1) is 54.9 Å². The van der Waals surface area contributed by atoms with Crippen LogP contribution in [-0.2, 0) is 28.5 Å². The molecule has 52 heavy (non-hydrogen) atoms. The van der Waals surface area contributed by atoms with Crippen LogP contribution >= 0.6 is 0 Å². The first-order valence-electron chi connectivity index (χ1n) is 18.1. The number of allylic oxidation sites excluding steroid dienone is 7. The molecule has 3 aliphatic rings. The van der Waals surface area contributed by atoms with Crippen molar-refractivity contribution in [1.29, 1.82) is 0 Å². The van der Waals surface area contributed by atoms with Crippen molar-refractivity contribution in [3.05, 3.63) is 48.6 Å². The molecule has 2 fully saturated rings. The second kappa shape index (κ2) is 20.8. The fourth-order valence-corrected chi connectivity index (χ4v) is 6.67. The lowest BCUT2D eigenvalue weighted by atomic mass is 9.82. The number of esters is 1. The van der Waals surface area contributed by atoms with Crippen molar-refractivity contribution in [1.82, 2.24) is 0 Å². The van der Waals surface area contributed by atoms with Gasteiger partial charge in [-0.05, 0) is 38.5 Å². The Morgan fingerprint density at radius 1 is 0.923 bits per heavy atom. The molecule has 15 nitrogen and oxygen atoms in total. The van der Waals surface area contributed by atoms with Gasteiger partial charge in [-0.2, -0.15) is 0 Å². The first-order chi connectivity index (χ1) is 24.5. The van der Waals surface area contributed by atoms with Crippen LogP contribution < -0.4 is 5.73 Å². The zero-order valence-electron chi connectivity index (χ0n) is 30.2. The number of fused-ring (bicyclic) bond motifs is 2. The number of hydrogen-bond donors (Lipinski definition) is 9. The van der Waals surface area contributed by atoms with Gasteiger partial charge >= 0.3 is 11.9 Å². The third-order valence-corrected chi connectivity index (χ3v) is 9.73. The number of aliphatic carboxylic acids is 1. The summed E-state index contributed by atoms with van der Waals surface area (Å²) in [6, 6.07) is -1.11. The molecule has 14 unspecified atom stereocenters. The van der Waals surface area contributed by atoms with E-state index < -0.39 is 110 Å². The van der Waals surface area contributed by atoms with Crippen LogP contribution in [0.4, 0.5) is 0 Å². The Morgan fingerprint density at radius 3 is 2.27 bits per heavy atom. The standard InChI is InChI=1S/C37H59NO14/c1-21(2)28-14-12-10-8-6-4-5-7-9-11-13-24(50-36-34(45)32(38)33(44)22(3)49-36)18-29-31(35(46)47)27(42)20-37(48,52-29)19-23(39)17-26(41)25(40)15-16-30(43)51-28/h4-9,11,13,21-29,31-34,36,39-42,44-45,48H,10,12,14-20,38H2,1-3H3,(H,46,47)/b5-4+,8-6+,9-7+,13-11+. The van der Waals surface area contributed by atoms with Gasteiger partial charge in [0.1, 0.15) is 18.1 Å². The highest BCUT2D eigenvalue weighted by atomic mass is 16.7. The lowest BCUT2D eigenvalue weighted by Crippen LogP contribution is -2.61. The zero-order valence-corrected chi connectivity index (χ0v) is 30.2. The van der Waals surface area contributed by atoms with Crippen LogP contribution in [-0.4, -0.2) is 132 Å². The maximum absolute atomic E-state index is 12.6. The van der Waals surface area contributed by atoms with E-state index in [2.05, 4.69) is 0 Å². The van der Waals surface area contributed by atoms with Crippen LogP contribution in [0.1, 0.15) is 78.6 Å². The van der Waals surface area contributed by atoms with E-state index in [1.54, 1.807) is 37.3 Å². The first kappa shape index (κ1) is 43.9. The number of ether oxygens (including phenoxy) is 4. The molecule has 0 radical (unpaired) electrons. The van der Waals surface area contributed by atoms with E-state index in [-0.39, 0.29) is 31.3 Å². The Labute approximate surface area is 305 Å². The van der Waals surface area contributed by atoms with Crippen LogP contribution in [0, 0.1) is 11.8 Å². The van der Waals surface area contributed by atoms with Crippen molar-refractivity contribution in [2.24, 2.45) is 17.6 Å². The van der Waals surface area contributed by atoms with E-state index in [1.807, 2.05) is 32.1 Å². The number of carboxylic acid groups (broad SMARTS) is 1. The first-order valence-corrected chi connectivity index (χ1v) is 18.1. The zero-order chi connectivity index (χ0) is 38.6. The molecule has 0 aromatic rings. The molecular formula is C37H59NO14. The Balaban J connectivity index is 1.88. The number of aliphatic hydroxyl groups is 7. The van der Waals surface area contributed by atoms with E-state index >= 15 is 0 Å². The summed E-state index contributed by atoms with van der Waals surface area (Å²) in [6.07, 6.45) is 0.558. The number of carbonyl (C=O) groups excluding carboxylic acids is 1. The third-order valence-electron chi connectivity index (χ3n) is 9.73. The molecule has 2 bridgehead atoms. The van der Waals surface area contributed by atoms with Crippen molar-refractivity contribution < 1.29 is 69.4 Å². The average molecular weight is 742 g/mol. The molecule has 3 rings (SSSR count). The SMILES string of the molecule is CC(C)C1CCC/C=C/C=C/C=C/C=C/C(OC2OC(C)C(O)C(N)C2O)CC2OC(O)(CC(O)CC(O)C(O)CCC(=O)O1)CC(O)C2C(=O)O. The number of carbonyl (C=O) groups is 2. The Morgan fingerprint density at radius 2 is 1.60 bits per heavy atom. The predicted molar refractivity (Wildman–Crippen MR) is 187 cm³/mol. The summed E-state index contributed by atoms with van der Waals surface area (Å²) in [4.78, 5) is 24.9. The number of hydrogen-bond acceptors (Lipinski definition) is 14. The normalized spacial score (nSPS) is 43.5. The molecule has 0 aromatic heterocycles. The molecule has 0 aromatic carbocycles. The highest BCUT2D eigenvalue weighted by Gasteiger charge is 2.51. The number of cyclic esters (lactones) is 1. The van der Waals surface area contributed by atoms with Gasteiger partial charge in [-0.1, -0.05) is 62.5 Å². The monoisotopic (exact) mass is 741 g/mol. The van der Waals surface area contributed by atoms with Gasteiger partial charge in [0.25, 0.3) is 0 Å². The van der Waals surface area contributed by atoms with Crippen molar-refractivity contribution in [2.45, 2.75) is 158 Å². The van der Waals surface area contributed by atoms with Gasteiger partial charge in [0, 0.05) is 32.1 Å². The molecule has 0 saturated carbocycles. The van der Waals surface area contributed by atoms with Crippen molar-refractivity contribution in [2.75, 3.05) is 0 Å². The Hall–Kier alpha value is -2.54. The fraction of sp³-hybridized carbons (Fsp3) is 0.730. The smallest absolute Gasteiger partial charge is 0.311 e. The quantitative estimate of drug-likeness (QED) is 0.180. The summed E-state index contributed by atoms with van der Waals surface area (Å²) in [5.74, 6) is -5.65. The summed E-state index contributed by atoms with van der Waals surface area (Å²) in [7, 11) is 0. The Bertz CT molecular complexity index is 1240. The molecule has 0 aliphatic carbocycles. The Kier molecular flexibility index (Phi) is 17.5. The highest BCUT2D eigenvalue weighted by Crippen LogP contribution is 2.38. The molecule has 296 valence electrons. The van der Waals surface area contributed by atoms with Crippen LogP contribution in [0.3, 0.4) is 0 Å². The predicted octanol–water partition coefficient (Wildman–Crippen LogP) is 0.714. The molecule has 3 heterocycles. The number of aliphatic hydroxyl groups excluding tert-OH is 6. The van der Waals surface area contributed by atoms with Crippen LogP contribution in [0.25, 0.3) is 0 Å². The molecule has 0 spiro atoms. The van der Waals surface area contributed by atoms with Gasteiger partial charge in [0.15, 0.2) is 12.1 Å². The van der Waals surface area contributed by atoms with E-state index in [1.165, 1.54) is 0 Å². The van der Waals surface area contributed by atoms with Gasteiger partial charge in [-0.15, -0.1) is 0 Å². The maximum atomic E-state index is 12.6. The highest BCUT2D eigenvalue weighted by molar-refractivity contribution is 5.71. The molecule has 10 N–H and O–H groups in total. The molecule has 14 atom stereocenters. The largest absolute Gasteiger partial charge is 0.481 e. The molecule has 15 heteroatoms. The van der Waals surface area contributed by atoms with Gasteiger partial charge < -0.3 is 65.5 Å². The number of rotatable bonds is 4. The number of nitrogens with two attached hydrogens (primary N) is 1. The van der Waals surface area contributed by atoms with Gasteiger partial charge in [-0.3, -0.25) is 9.59 Å². The van der Waals surface area contributed by atoms with Gasteiger partial charge in [-0.25, -0.2) is 0 Å². The minimum atomic E-state index is -2.25. The lowest BCUT2D eigenvalue weighted by molar-refractivity contribution is -0.308. The van der Waals surface area contributed by atoms with Crippen LogP contribution in [0.5, 0.6) is 0 Å². The summed E-state index contributed by atoms with van der Waals surface area (Å²) >= 11 is 0. The van der Waals surface area contributed by atoms with E-state index in [0.717, 1.165) is 12.8 Å².